The average Bonchev–Trinajstić information content (AvgIpc) is 2.57. The first-order valence-electron chi connectivity index (χ1n) is 6.63. The third-order valence-electron chi connectivity index (χ3n) is 3.06. The zero-order valence-corrected chi connectivity index (χ0v) is 11.9. The summed E-state index contributed by atoms with van der Waals surface area (Å²) in [5.74, 6) is -3.04. The van der Waals surface area contributed by atoms with Crippen molar-refractivity contribution in [3.63, 3.8) is 0 Å². The molecule has 0 heterocycles. The molecule has 7 nitrogen and oxygen atoms in total. The number of halogens is 1. The quantitative estimate of drug-likeness (QED) is 0.287. The number of rotatable bonds is 8. The maximum atomic E-state index is 12.7. The zero-order chi connectivity index (χ0) is 17.6. The van der Waals surface area contributed by atoms with Gasteiger partial charge in [0.25, 0.3) is 0 Å². The van der Waals surface area contributed by atoms with Gasteiger partial charge in [-0.05, 0) is 23.8 Å². The summed E-state index contributed by atoms with van der Waals surface area (Å²) in [7, 11) is 0. The predicted molar refractivity (Wildman–Crippen MR) is 76.6 cm³/mol. The van der Waals surface area contributed by atoms with Gasteiger partial charge in [0.2, 0.25) is 11.6 Å². The fraction of sp³-hybridized carbons (Fsp3) is 0.333. The Kier molecular flexibility index (Phi) is 7.14. The molecule has 0 aliphatic rings. The van der Waals surface area contributed by atoms with Crippen LogP contribution in [-0.2, 0) is 9.59 Å². The number of carbonyl (C=O) groups excluding carboxylic acids is 2. The Morgan fingerprint density at radius 3 is 2.13 bits per heavy atom. The summed E-state index contributed by atoms with van der Waals surface area (Å²) in [5, 5.41) is 46.2. The highest BCUT2D eigenvalue weighted by atomic mass is 19.1. The topological polar surface area (TPSA) is 135 Å². The van der Waals surface area contributed by atoms with Crippen LogP contribution in [0.2, 0.25) is 0 Å². The maximum Gasteiger partial charge on any atom is 0.233 e. The summed E-state index contributed by atoms with van der Waals surface area (Å²) in [4.78, 5) is 23.3. The van der Waals surface area contributed by atoms with Gasteiger partial charge in [-0.25, -0.2) is 4.39 Å². The van der Waals surface area contributed by atoms with Crippen molar-refractivity contribution in [2.24, 2.45) is 0 Å². The van der Waals surface area contributed by atoms with Crippen LogP contribution < -0.4 is 0 Å². The molecule has 4 atom stereocenters. The van der Waals surface area contributed by atoms with Gasteiger partial charge in [-0.2, -0.15) is 0 Å². The Labute approximate surface area is 130 Å². The first-order chi connectivity index (χ1) is 10.8. The second kappa shape index (κ2) is 8.61. The van der Waals surface area contributed by atoms with E-state index in [1.165, 1.54) is 18.2 Å². The average molecular weight is 328 g/mol. The van der Waals surface area contributed by atoms with Gasteiger partial charge in [0.1, 0.15) is 30.2 Å². The summed E-state index contributed by atoms with van der Waals surface area (Å²) in [6.45, 7) is -0.905. The number of carbonyl (C=O) groups is 2. The second-order valence-electron chi connectivity index (χ2n) is 4.79. The van der Waals surface area contributed by atoms with E-state index in [0.717, 1.165) is 18.2 Å². The number of ketones is 2. The van der Waals surface area contributed by atoms with Gasteiger partial charge >= 0.3 is 0 Å². The van der Waals surface area contributed by atoms with Crippen LogP contribution in [0.25, 0.3) is 6.08 Å². The molecule has 0 amide bonds. The molecule has 126 valence electrons. The van der Waals surface area contributed by atoms with Crippen molar-refractivity contribution in [1.29, 1.82) is 0 Å². The lowest BCUT2D eigenvalue weighted by Gasteiger charge is -2.24. The molecule has 8 heteroatoms. The first-order valence-corrected chi connectivity index (χ1v) is 6.63. The number of aliphatic hydroxyl groups is 5. The van der Waals surface area contributed by atoms with E-state index in [2.05, 4.69) is 0 Å². The second-order valence-corrected chi connectivity index (χ2v) is 4.79. The van der Waals surface area contributed by atoms with Crippen LogP contribution in [0.4, 0.5) is 4.39 Å². The molecular formula is C15H17FO7. The Morgan fingerprint density at radius 2 is 1.61 bits per heavy atom. The Balaban J connectivity index is 2.71. The lowest BCUT2D eigenvalue weighted by Crippen LogP contribution is -2.49. The van der Waals surface area contributed by atoms with Crippen LogP contribution in [0.3, 0.4) is 0 Å². The lowest BCUT2D eigenvalue weighted by atomic mass is 9.98. The molecule has 23 heavy (non-hydrogen) atoms. The summed E-state index contributed by atoms with van der Waals surface area (Å²) < 4.78 is 12.7. The molecule has 0 aliphatic heterocycles. The third-order valence-corrected chi connectivity index (χ3v) is 3.06. The van der Waals surface area contributed by atoms with Gasteiger partial charge in [-0.15, -0.1) is 0 Å². The fourth-order valence-corrected chi connectivity index (χ4v) is 1.65. The van der Waals surface area contributed by atoms with E-state index in [4.69, 9.17) is 10.2 Å². The molecule has 0 aromatic heterocycles. The standard InChI is InChI=1S/C15H17FO7/c16-9-4-1-8(2-5-9)3-6-10(18)12(20)14(22)15(23)13(21)11(19)7-17/h1-6,11,13-15,17,19,21-23H,7H2/t11-,13-,14+,15+/m1/s1. The molecule has 0 radical (unpaired) electrons. The molecule has 0 spiro atoms. The Morgan fingerprint density at radius 1 is 1.04 bits per heavy atom. The summed E-state index contributed by atoms with van der Waals surface area (Å²) >= 11 is 0. The molecule has 0 unspecified atom stereocenters. The fourth-order valence-electron chi connectivity index (χ4n) is 1.65. The van der Waals surface area contributed by atoms with E-state index < -0.39 is 48.4 Å². The number of hydrogen-bond donors (Lipinski definition) is 5. The number of benzene rings is 1. The van der Waals surface area contributed by atoms with Crippen LogP contribution in [0, 0.1) is 5.82 Å². The number of hydrogen-bond acceptors (Lipinski definition) is 7. The van der Waals surface area contributed by atoms with Crippen molar-refractivity contribution >= 4 is 17.6 Å². The van der Waals surface area contributed by atoms with Crippen LogP contribution in [-0.4, -0.2) is 68.1 Å². The van der Waals surface area contributed by atoms with E-state index >= 15 is 0 Å². The minimum atomic E-state index is -2.27. The summed E-state index contributed by atoms with van der Waals surface area (Å²) in [6, 6.07) is 5.01. The van der Waals surface area contributed by atoms with Crippen LogP contribution >= 0.6 is 0 Å². The minimum Gasteiger partial charge on any atom is -0.394 e. The first kappa shape index (κ1) is 19.1. The van der Waals surface area contributed by atoms with Crippen LogP contribution in [0.5, 0.6) is 0 Å². The molecule has 5 N–H and O–H groups in total. The highest BCUT2D eigenvalue weighted by Crippen LogP contribution is 2.08. The van der Waals surface area contributed by atoms with Gasteiger partial charge < -0.3 is 25.5 Å². The van der Waals surface area contributed by atoms with Crippen molar-refractivity contribution in [3.8, 4) is 0 Å². The smallest absolute Gasteiger partial charge is 0.233 e. The van der Waals surface area contributed by atoms with E-state index in [1.807, 2.05) is 0 Å². The zero-order valence-electron chi connectivity index (χ0n) is 11.9. The summed E-state index contributed by atoms with van der Waals surface area (Å²) in [6.07, 6.45) is -6.17. The van der Waals surface area contributed by atoms with E-state index in [-0.39, 0.29) is 0 Å². The van der Waals surface area contributed by atoms with E-state index in [9.17, 15) is 29.3 Å². The van der Waals surface area contributed by atoms with E-state index in [1.54, 1.807) is 0 Å². The molecule has 0 fully saturated rings. The van der Waals surface area contributed by atoms with Crippen LogP contribution in [0.15, 0.2) is 30.3 Å². The normalized spacial score (nSPS) is 16.8. The monoisotopic (exact) mass is 328 g/mol. The molecule has 0 aliphatic carbocycles. The Hall–Kier alpha value is -1.97. The highest BCUT2D eigenvalue weighted by Gasteiger charge is 2.35. The van der Waals surface area contributed by atoms with Crippen molar-refractivity contribution in [2.75, 3.05) is 6.61 Å². The molecule has 0 bridgehead atoms. The molecule has 0 saturated carbocycles. The number of aliphatic hydroxyl groups excluding tert-OH is 5. The van der Waals surface area contributed by atoms with Gasteiger partial charge in [0, 0.05) is 0 Å². The van der Waals surface area contributed by atoms with E-state index in [0.29, 0.717) is 5.56 Å². The maximum absolute atomic E-state index is 12.7. The predicted octanol–water partition coefficient (Wildman–Crippen LogP) is -1.59. The number of allylic oxidation sites excluding steroid dienone is 1. The molecule has 1 rings (SSSR count). The number of Topliss-reactive ketones (excluding diaryl/α,β-unsaturated/α-hetero) is 1. The molecule has 1 aromatic carbocycles. The van der Waals surface area contributed by atoms with Gasteiger partial charge in [0.05, 0.1) is 6.61 Å². The molecule has 0 saturated heterocycles. The van der Waals surface area contributed by atoms with Crippen molar-refractivity contribution in [2.45, 2.75) is 24.4 Å². The minimum absolute atomic E-state index is 0.429. The SMILES string of the molecule is O=C(C=Cc1ccc(F)cc1)C(=O)[C@H](O)[C@@H](O)[C@H](O)[C@H](O)CO. The molecular weight excluding hydrogens is 311 g/mol. The van der Waals surface area contributed by atoms with Gasteiger partial charge in [-0.3, -0.25) is 9.59 Å². The molecule has 1 aromatic rings. The van der Waals surface area contributed by atoms with Crippen molar-refractivity contribution in [3.05, 3.63) is 41.7 Å². The summed E-state index contributed by atoms with van der Waals surface area (Å²) in [5.41, 5.74) is 0.429. The Bertz CT molecular complexity index is 570. The van der Waals surface area contributed by atoms with Gasteiger partial charge in [0.15, 0.2) is 0 Å². The third kappa shape index (κ3) is 5.31. The largest absolute Gasteiger partial charge is 0.394 e. The van der Waals surface area contributed by atoms with Gasteiger partial charge in [-0.1, -0.05) is 18.2 Å². The van der Waals surface area contributed by atoms with Crippen molar-refractivity contribution < 1.29 is 39.5 Å². The van der Waals surface area contributed by atoms with Crippen LogP contribution in [0.1, 0.15) is 5.56 Å². The lowest BCUT2D eigenvalue weighted by molar-refractivity contribution is -0.152. The highest BCUT2D eigenvalue weighted by molar-refractivity contribution is 6.43. The van der Waals surface area contributed by atoms with Crippen molar-refractivity contribution in [1.82, 2.24) is 0 Å².